The fourth-order valence-corrected chi connectivity index (χ4v) is 4.42. The maximum Gasteiger partial charge on any atom is 0.241 e. The van der Waals surface area contributed by atoms with Crippen molar-refractivity contribution in [3.05, 3.63) is 41.5 Å². The van der Waals surface area contributed by atoms with E-state index in [2.05, 4.69) is 38.1 Å². The third kappa shape index (κ3) is 5.50. The molecule has 0 N–H and O–H groups in total. The number of fused-ring (bicyclic) bond motifs is 1. The SMILES string of the molecule is CCO[C@H](C)c1noc(CN2CCCN(CC(=O)N3CCCc4ccccc43)CC2)n1. The van der Waals surface area contributed by atoms with Crippen LogP contribution in [0.2, 0.25) is 0 Å². The van der Waals surface area contributed by atoms with Crippen LogP contribution in [0.4, 0.5) is 5.69 Å². The second-order valence-electron chi connectivity index (χ2n) is 8.33. The summed E-state index contributed by atoms with van der Waals surface area (Å²) >= 11 is 0. The summed E-state index contributed by atoms with van der Waals surface area (Å²) in [6.45, 7) is 10.0. The first-order valence-corrected chi connectivity index (χ1v) is 11.4. The highest BCUT2D eigenvalue weighted by Crippen LogP contribution is 2.27. The van der Waals surface area contributed by atoms with Gasteiger partial charge in [0.2, 0.25) is 11.8 Å². The van der Waals surface area contributed by atoms with E-state index in [0.29, 0.717) is 31.4 Å². The highest BCUT2D eigenvalue weighted by Gasteiger charge is 2.25. The number of carbonyl (C=O) groups is 1. The zero-order valence-electron chi connectivity index (χ0n) is 18.6. The molecule has 2 aromatic rings. The second kappa shape index (κ2) is 10.3. The van der Waals surface area contributed by atoms with E-state index >= 15 is 0 Å². The number of benzene rings is 1. The van der Waals surface area contributed by atoms with Crippen LogP contribution in [0.1, 0.15) is 50.1 Å². The minimum absolute atomic E-state index is 0.159. The quantitative estimate of drug-likeness (QED) is 0.672. The zero-order valence-corrected chi connectivity index (χ0v) is 18.6. The molecule has 31 heavy (non-hydrogen) atoms. The third-order valence-corrected chi connectivity index (χ3v) is 6.07. The van der Waals surface area contributed by atoms with Crippen molar-refractivity contribution in [2.75, 3.05) is 50.8 Å². The van der Waals surface area contributed by atoms with E-state index in [0.717, 1.165) is 57.7 Å². The summed E-state index contributed by atoms with van der Waals surface area (Å²) in [7, 11) is 0. The van der Waals surface area contributed by atoms with Crippen molar-refractivity contribution in [3.8, 4) is 0 Å². The Labute approximate surface area is 184 Å². The molecule has 1 amide bonds. The van der Waals surface area contributed by atoms with Gasteiger partial charge in [-0.15, -0.1) is 0 Å². The maximum absolute atomic E-state index is 13.1. The molecule has 8 nitrogen and oxygen atoms in total. The number of rotatable bonds is 7. The largest absolute Gasteiger partial charge is 0.371 e. The Kier molecular flexibility index (Phi) is 7.32. The summed E-state index contributed by atoms with van der Waals surface area (Å²) < 4.78 is 11.0. The Morgan fingerprint density at radius 3 is 2.81 bits per heavy atom. The van der Waals surface area contributed by atoms with Crippen molar-refractivity contribution >= 4 is 11.6 Å². The number of hydrogen-bond acceptors (Lipinski definition) is 7. The zero-order chi connectivity index (χ0) is 21.6. The van der Waals surface area contributed by atoms with Gasteiger partial charge in [0.25, 0.3) is 0 Å². The minimum Gasteiger partial charge on any atom is -0.371 e. The number of para-hydroxylation sites is 1. The summed E-state index contributed by atoms with van der Waals surface area (Å²) in [5.41, 5.74) is 2.37. The lowest BCUT2D eigenvalue weighted by atomic mass is 10.0. The molecule has 8 heteroatoms. The van der Waals surface area contributed by atoms with Gasteiger partial charge in [0.15, 0.2) is 5.82 Å². The van der Waals surface area contributed by atoms with E-state index in [1.54, 1.807) is 0 Å². The smallest absolute Gasteiger partial charge is 0.241 e. The summed E-state index contributed by atoms with van der Waals surface area (Å²) in [6.07, 6.45) is 2.94. The Morgan fingerprint density at radius 2 is 1.94 bits per heavy atom. The molecule has 2 aliphatic heterocycles. The number of amides is 1. The molecule has 0 saturated carbocycles. The molecule has 1 atom stereocenters. The molecule has 1 aromatic heterocycles. The molecule has 1 saturated heterocycles. The highest BCUT2D eigenvalue weighted by atomic mass is 16.5. The van der Waals surface area contributed by atoms with E-state index in [1.807, 2.05) is 24.8 Å². The Balaban J connectivity index is 1.29. The van der Waals surface area contributed by atoms with E-state index in [4.69, 9.17) is 9.26 Å². The van der Waals surface area contributed by atoms with Crippen molar-refractivity contribution in [3.63, 3.8) is 0 Å². The number of hydrogen-bond donors (Lipinski definition) is 0. The van der Waals surface area contributed by atoms with E-state index in [1.165, 1.54) is 5.56 Å². The van der Waals surface area contributed by atoms with Crippen LogP contribution < -0.4 is 4.90 Å². The van der Waals surface area contributed by atoms with Gasteiger partial charge in [0.05, 0.1) is 13.1 Å². The van der Waals surface area contributed by atoms with Gasteiger partial charge in [-0.3, -0.25) is 14.6 Å². The molecule has 0 bridgehead atoms. The molecule has 1 aromatic carbocycles. The minimum atomic E-state index is -0.159. The maximum atomic E-state index is 13.1. The average Bonchev–Trinajstić information content (AvgIpc) is 3.14. The van der Waals surface area contributed by atoms with Crippen LogP contribution in [0.3, 0.4) is 0 Å². The normalized spacial score (nSPS) is 19.1. The first-order valence-electron chi connectivity index (χ1n) is 11.4. The number of anilines is 1. The van der Waals surface area contributed by atoms with Crippen LogP contribution in [0, 0.1) is 0 Å². The molecule has 4 rings (SSSR count). The van der Waals surface area contributed by atoms with Gasteiger partial charge in [-0.1, -0.05) is 23.4 Å². The fraction of sp³-hybridized carbons (Fsp3) is 0.609. The average molecular weight is 428 g/mol. The molecule has 0 spiro atoms. The highest BCUT2D eigenvalue weighted by molar-refractivity contribution is 5.95. The number of carbonyl (C=O) groups excluding carboxylic acids is 1. The fourth-order valence-electron chi connectivity index (χ4n) is 4.42. The number of ether oxygens (including phenoxy) is 1. The lowest BCUT2D eigenvalue weighted by Crippen LogP contribution is -2.43. The van der Waals surface area contributed by atoms with Crippen molar-refractivity contribution in [1.29, 1.82) is 0 Å². The van der Waals surface area contributed by atoms with Crippen LogP contribution in [-0.4, -0.2) is 71.7 Å². The van der Waals surface area contributed by atoms with Crippen molar-refractivity contribution in [1.82, 2.24) is 19.9 Å². The number of nitrogens with zero attached hydrogens (tertiary/aromatic N) is 5. The Hall–Kier alpha value is -2.29. The molecule has 0 unspecified atom stereocenters. The Morgan fingerprint density at radius 1 is 1.13 bits per heavy atom. The molecule has 3 heterocycles. The lowest BCUT2D eigenvalue weighted by Gasteiger charge is -2.31. The first kappa shape index (κ1) is 21.9. The van der Waals surface area contributed by atoms with Crippen LogP contribution >= 0.6 is 0 Å². The van der Waals surface area contributed by atoms with Gasteiger partial charge in [0.1, 0.15) is 6.10 Å². The molecule has 168 valence electrons. The second-order valence-corrected chi connectivity index (χ2v) is 8.33. The van der Waals surface area contributed by atoms with Gasteiger partial charge in [0, 0.05) is 31.9 Å². The number of aryl methyl sites for hydroxylation is 1. The van der Waals surface area contributed by atoms with Crippen LogP contribution in [0.5, 0.6) is 0 Å². The van der Waals surface area contributed by atoms with E-state index in [-0.39, 0.29) is 12.0 Å². The van der Waals surface area contributed by atoms with Gasteiger partial charge in [-0.2, -0.15) is 4.98 Å². The summed E-state index contributed by atoms with van der Waals surface area (Å²) in [5.74, 6) is 1.42. The summed E-state index contributed by atoms with van der Waals surface area (Å²) in [5, 5.41) is 4.05. The van der Waals surface area contributed by atoms with Crippen molar-refractivity contribution in [2.45, 2.75) is 45.8 Å². The van der Waals surface area contributed by atoms with Crippen molar-refractivity contribution < 1.29 is 14.1 Å². The third-order valence-electron chi connectivity index (χ3n) is 6.07. The van der Waals surface area contributed by atoms with Gasteiger partial charge >= 0.3 is 0 Å². The van der Waals surface area contributed by atoms with Crippen molar-refractivity contribution in [2.24, 2.45) is 0 Å². The van der Waals surface area contributed by atoms with Crippen LogP contribution in [0.25, 0.3) is 0 Å². The first-order chi connectivity index (χ1) is 15.1. The molecule has 0 aliphatic carbocycles. The summed E-state index contributed by atoms with van der Waals surface area (Å²) in [6, 6.07) is 8.28. The topological polar surface area (TPSA) is 74.9 Å². The predicted octanol–water partition coefficient (Wildman–Crippen LogP) is 2.65. The number of aromatic nitrogens is 2. The monoisotopic (exact) mass is 427 g/mol. The lowest BCUT2D eigenvalue weighted by molar-refractivity contribution is -0.119. The van der Waals surface area contributed by atoms with E-state index in [9.17, 15) is 4.79 Å². The standard InChI is InChI=1S/C23H33N5O3/c1-3-30-18(2)23-24-21(31-25-23)16-26-11-7-12-27(15-14-26)17-22(29)28-13-6-9-19-8-4-5-10-20(19)28/h4-5,8,10,18H,3,6-7,9,11-17H2,1-2H3/t18-/m1/s1. The molecule has 2 aliphatic rings. The van der Waals surface area contributed by atoms with Crippen LogP contribution in [-0.2, 0) is 22.5 Å². The predicted molar refractivity (Wildman–Crippen MR) is 118 cm³/mol. The summed E-state index contributed by atoms with van der Waals surface area (Å²) in [4.78, 5) is 24.1. The molecule has 1 fully saturated rings. The Bertz CT molecular complexity index is 870. The van der Waals surface area contributed by atoms with Crippen LogP contribution in [0.15, 0.2) is 28.8 Å². The molecular weight excluding hydrogens is 394 g/mol. The van der Waals surface area contributed by atoms with E-state index < -0.39 is 0 Å². The molecule has 0 radical (unpaired) electrons. The van der Waals surface area contributed by atoms with Gasteiger partial charge in [-0.25, -0.2) is 0 Å². The van der Waals surface area contributed by atoms with Gasteiger partial charge in [-0.05, 0) is 57.8 Å². The van der Waals surface area contributed by atoms with Gasteiger partial charge < -0.3 is 14.2 Å². The molecular formula is C23H33N5O3.